The van der Waals surface area contributed by atoms with Gasteiger partial charge in [-0.1, -0.05) is 41.6 Å². The number of ether oxygens (including phenoxy) is 1. The summed E-state index contributed by atoms with van der Waals surface area (Å²) in [7, 11) is 4.06. The lowest BCUT2D eigenvalue weighted by atomic mass is 9.95. The Morgan fingerprint density at radius 1 is 1.09 bits per heavy atom. The SMILES string of the molecule is CC(C)Oc1ccc(C2/C(=C(\[O-])c3ccc(Cl)cc3)C(=O)C(=O)N2CCC[NH+](C)C)cc1. The first kappa shape index (κ1) is 23.8. The molecular formula is C25H29ClN2O4. The Bertz CT molecular complexity index is 998. The lowest BCUT2D eigenvalue weighted by Crippen LogP contribution is -3.05. The molecule has 1 atom stereocenters. The Morgan fingerprint density at radius 3 is 2.28 bits per heavy atom. The van der Waals surface area contributed by atoms with Crippen LogP contribution in [0.3, 0.4) is 0 Å². The molecule has 2 aromatic carbocycles. The van der Waals surface area contributed by atoms with E-state index >= 15 is 0 Å². The first-order chi connectivity index (χ1) is 15.2. The molecule has 0 aromatic heterocycles. The summed E-state index contributed by atoms with van der Waals surface area (Å²) in [4.78, 5) is 28.7. The van der Waals surface area contributed by atoms with Crippen LogP contribution in [0, 0.1) is 0 Å². The molecule has 1 saturated heterocycles. The molecule has 170 valence electrons. The van der Waals surface area contributed by atoms with Crippen LogP contribution in [-0.4, -0.2) is 49.9 Å². The third-order valence-corrected chi connectivity index (χ3v) is 5.53. The number of hydrogen-bond acceptors (Lipinski definition) is 4. The van der Waals surface area contributed by atoms with Gasteiger partial charge in [0, 0.05) is 23.6 Å². The van der Waals surface area contributed by atoms with E-state index in [0.29, 0.717) is 28.4 Å². The van der Waals surface area contributed by atoms with Crippen molar-refractivity contribution in [3.05, 3.63) is 70.3 Å². The molecule has 2 aromatic rings. The van der Waals surface area contributed by atoms with E-state index in [1.807, 2.05) is 40.1 Å². The van der Waals surface area contributed by atoms with Gasteiger partial charge in [0.1, 0.15) is 5.75 Å². The van der Waals surface area contributed by atoms with Gasteiger partial charge in [0.2, 0.25) is 5.78 Å². The summed E-state index contributed by atoms with van der Waals surface area (Å²) in [6, 6.07) is 12.8. The maximum Gasteiger partial charge on any atom is 0.295 e. The molecule has 3 rings (SSSR count). The maximum absolute atomic E-state index is 13.3. The molecule has 0 radical (unpaired) electrons. The molecule has 1 aliphatic heterocycles. The molecule has 1 heterocycles. The van der Waals surface area contributed by atoms with Crippen molar-refractivity contribution in [2.75, 3.05) is 27.2 Å². The highest BCUT2D eigenvalue weighted by molar-refractivity contribution is 6.46. The van der Waals surface area contributed by atoms with E-state index in [1.165, 1.54) is 9.80 Å². The van der Waals surface area contributed by atoms with Gasteiger partial charge < -0.3 is 19.6 Å². The topological polar surface area (TPSA) is 74.1 Å². The van der Waals surface area contributed by atoms with Crippen molar-refractivity contribution < 1.29 is 24.3 Å². The highest BCUT2D eigenvalue weighted by Gasteiger charge is 2.43. The van der Waals surface area contributed by atoms with Gasteiger partial charge in [-0.3, -0.25) is 9.59 Å². The first-order valence-electron chi connectivity index (χ1n) is 10.8. The zero-order valence-corrected chi connectivity index (χ0v) is 19.6. The first-order valence-corrected chi connectivity index (χ1v) is 11.1. The summed E-state index contributed by atoms with van der Waals surface area (Å²) in [5.74, 6) is -1.14. The lowest BCUT2D eigenvalue weighted by molar-refractivity contribution is -0.858. The summed E-state index contributed by atoms with van der Waals surface area (Å²) in [5, 5.41) is 13.8. The van der Waals surface area contributed by atoms with Gasteiger partial charge in [0.25, 0.3) is 5.91 Å². The molecule has 6 nitrogen and oxygen atoms in total. The number of quaternary nitrogens is 1. The standard InChI is InChI=1S/C25H29ClN2O4/c1-16(2)32-20-12-8-17(9-13-20)22-21(23(29)18-6-10-19(26)11-7-18)24(30)25(31)28(22)15-5-14-27(3)4/h6-13,16,22,29H,5,14-15H2,1-4H3/b23-21+. The average Bonchev–Trinajstić information content (AvgIpc) is 2.99. The fraction of sp³-hybridized carbons (Fsp3) is 0.360. The van der Waals surface area contributed by atoms with Gasteiger partial charge in [-0.25, -0.2) is 0 Å². The Kier molecular flexibility index (Phi) is 7.59. The number of Topliss-reactive ketones (excluding diaryl/α,β-unsaturated/α-hetero) is 1. The fourth-order valence-electron chi connectivity index (χ4n) is 3.81. The van der Waals surface area contributed by atoms with Crippen molar-refractivity contribution in [2.24, 2.45) is 0 Å². The van der Waals surface area contributed by atoms with Gasteiger partial charge in [-0.2, -0.15) is 0 Å². The van der Waals surface area contributed by atoms with Gasteiger partial charge >= 0.3 is 0 Å². The minimum absolute atomic E-state index is 0.0212. The number of likely N-dealkylation sites (tertiary alicyclic amines) is 1. The van der Waals surface area contributed by atoms with Crippen LogP contribution in [0.5, 0.6) is 5.75 Å². The van der Waals surface area contributed by atoms with Crippen molar-refractivity contribution in [2.45, 2.75) is 32.4 Å². The van der Waals surface area contributed by atoms with Crippen LogP contribution in [0.1, 0.15) is 37.4 Å². The highest BCUT2D eigenvalue weighted by Crippen LogP contribution is 2.39. The largest absolute Gasteiger partial charge is 0.872 e. The van der Waals surface area contributed by atoms with Crippen molar-refractivity contribution in [3.63, 3.8) is 0 Å². The number of nitrogens with one attached hydrogen (secondary N) is 1. The predicted molar refractivity (Wildman–Crippen MR) is 122 cm³/mol. The minimum Gasteiger partial charge on any atom is -0.872 e. The zero-order valence-electron chi connectivity index (χ0n) is 18.9. The average molecular weight is 457 g/mol. The smallest absolute Gasteiger partial charge is 0.295 e. The van der Waals surface area contributed by atoms with Crippen molar-refractivity contribution >= 4 is 29.1 Å². The van der Waals surface area contributed by atoms with Crippen LogP contribution in [-0.2, 0) is 9.59 Å². The molecule has 1 amide bonds. The fourth-order valence-corrected chi connectivity index (χ4v) is 3.93. The summed E-state index contributed by atoms with van der Waals surface area (Å²) in [6.07, 6.45) is 0.739. The van der Waals surface area contributed by atoms with Gasteiger partial charge in [-0.15, -0.1) is 0 Å². The van der Waals surface area contributed by atoms with Crippen LogP contribution in [0.25, 0.3) is 5.76 Å². The Labute approximate surface area is 194 Å². The monoisotopic (exact) mass is 456 g/mol. The molecule has 0 spiro atoms. The van der Waals surface area contributed by atoms with E-state index < -0.39 is 23.5 Å². The lowest BCUT2D eigenvalue weighted by Gasteiger charge is -2.28. The molecule has 1 fully saturated rings. The number of hydrogen-bond donors (Lipinski definition) is 1. The van der Waals surface area contributed by atoms with E-state index in [4.69, 9.17) is 16.3 Å². The number of carbonyl (C=O) groups excluding carboxylic acids is 2. The summed E-state index contributed by atoms with van der Waals surface area (Å²) < 4.78 is 5.71. The van der Waals surface area contributed by atoms with E-state index in [9.17, 15) is 14.7 Å². The second kappa shape index (κ2) is 10.2. The van der Waals surface area contributed by atoms with Gasteiger partial charge in [-0.05, 0) is 49.2 Å². The number of benzene rings is 2. The van der Waals surface area contributed by atoms with Gasteiger partial charge in [0.05, 0.1) is 32.8 Å². The molecule has 32 heavy (non-hydrogen) atoms. The number of rotatable bonds is 8. The quantitative estimate of drug-likeness (QED) is 0.374. The van der Waals surface area contributed by atoms with Crippen LogP contribution in [0.4, 0.5) is 0 Å². The molecule has 0 saturated carbocycles. The molecule has 0 aliphatic carbocycles. The minimum atomic E-state index is -0.741. The Hall–Kier alpha value is -2.83. The Morgan fingerprint density at radius 2 is 1.72 bits per heavy atom. The number of ketones is 1. The zero-order chi connectivity index (χ0) is 23.4. The van der Waals surface area contributed by atoms with Crippen molar-refractivity contribution in [3.8, 4) is 5.75 Å². The normalized spacial score (nSPS) is 18.1. The van der Waals surface area contributed by atoms with Crippen LogP contribution < -0.4 is 14.7 Å². The van der Waals surface area contributed by atoms with Gasteiger partial charge in [0.15, 0.2) is 0 Å². The number of amides is 1. The summed E-state index contributed by atoms with van der Waals surface area (Å²) in [6.45, 7) is 5.11. The second-order valence-electron chi connectivity index (χ2n) is 8.53. The van der Waals surface area contributed by atoms with Crippen LogP contribution >= 0.6 is 11.6 Å². The molecule has 1 unspecified atom stereocenters. The third kappa shape index (κ3) is 5.31. The predicted octanol–water partition coefficient (Wildman–Crippen LogP) is 1.89. The Balaban J connectivity index is 2.05. The van der Waals surface area contributed by atoms with Crippen LogP contribution in [0.2, 0.25) is 5.02 Å². The van der Waals surface area contributed by atoms with Crippen molar-refractivity contribution in [1.82, 2.24) is 4.90 Å². The molecule has 7 heteroatoms. The molecule has 1 aliphatic rings. The number of carbonyl (C=O) groups is 2. The van der Waals surface area contributed by atoms with E-state index in [2.05, 4.69) is 0 Å². The summed E-state index contributed by atoms with van der Waals surface area (Å²) in [5.41, 5.74) is 1.01. The van der Waals surface area contributed by atoms with Crippen molar-refractivity contribution in [1.29, 1.82) is 0 Å². The molecule has 1 N–H and O–H groups in total. The third-order valence-electron chi connectivity index (χ3n) is 5.28. The molecule has 0 bridgehead atoms. The second-order valence-corrected chi connectivity index (χ2v) is 8.96. The van der Waals surface area contributed by atoms with E-state index in [-0.39, 0.29) is 11.7 Å². The molecular weight excluding hydrogens is 428 g/mol. The number of nitrogens with zero attached hydrogens (tertiary/aromatic N) is 1. The van der Waals surface area contributed by atoms with E-state index in [0.717, 1.165) is 13.0 Å². The highest BCUT2D eigenvalue weighted by atomic mass is 35.5. The van der Waals surface area contributed by atoms with Crippen LogP contribution in [0.15, 0.2) is 54.1 Å². The number of halogens is 1. The summed E-state index contributed by atoms with van der Waals surface area (Å²) >= 11 is 5.95. The van der Waals surface area contributed by atoms with E-state index in [1.54, 1.807) is 36.4 Å². The maximum atomic E-state index is 13.3.